The fraction of sp³-hybridized carbons (Fsp3) is 0.261. The van der Waals surface area contributed by atoms with E-state index in [-0.39, 0.29) is 18.2 Å². The molecule has 1 unspecified atom stereocenters. The maximum Gasteiger partial charge on any atom is 0.308 e. The first-order valence-electron chi connectivity index (χ1n) is 9.70. The molecule has 30 heavy (non-hydrogen) atoms. The van der Waals surface area contributed by atoms with Crippen LogP contribution in [0.4, 0.5) is 4.39 Å². The van der Waals surface area contributed by atoms with Crippen molar-refractivity contribution in [1.82, 2.24) is 15.1 Å². The highest BCUT2D eigenvalue weighted by Gasteiger charge is 2.22. The summed E-state index contributed by atoms with van der Waals surface area (Å²) < 4.78 is 20.1. The maximum atomic E-state index is 13.5. The van der Waals surface area contributed by atoms with Gasteiger partial charge in [0.15, 0.2) is 5.69 Å². The monoisotopic (exact) mass is 409 g/mol. The molecule has 0 saturated heterocycles. The second kappa shape index (κ2) is 9.35. The van der Waals surface area contributed by atoms with E-state index in [4.69, 9.17) is 4.74 Å². The molecule has 0 fully saturated rings. The third-order valence-electron chi connectivity index (χ3n) is 4.42. The van der Waals surface area contributed by atoms with E-state index in [1.54, 1.807) is 38.2 Å². The fourth-order valence-electron chi connectivity index (χ4n) is 2.97. The number of ether oxygens (including phenoxy) is 1. The van der Waals surface area contributed by atoms with Gasteiger partial charge in [-0.1, -0.05) is 35.9 Å². The van der Waals surface area contributed by atoms with Crippen molar-refractivity contribution in [2.45, 2.75) is 39.3 Å². The number of aromatic nitrogens is 2. The zero-order chi connectivity index (χ0) is 21.7. The second-order valence-corrected chi connectivity index (χ2v) is 7.30. The summed E-state index contributed by atoms with van der Waals surface area (Å²) in [4.78, 5) is 25.0. The first kappa shape index (κ1) is 21.2. The molecule has 0 aliphatic rings. The van der Waals surface area contributed by atoms with Crippen molar-refractivity contribution in [2.75, 3.05) is 0 Å². The number of rotatable bonds is 7. The van der Waals surface area contributed by atoms with E-state index in [1.165, 1.54) is 16.8 Å². The molecule has 0 aliphatic heterocycles. The molecule has 6 nitrogen and oxygen atoms in total. The molecule has 1 aromatic heterocycles. The third-order valence-corrected chi connectivity index (χ3v) is 4.42. The topological polar surface area (TPSA) is 73.2 Å². The lowest BCUT2D eigenvalue weighted by Gasteiger charge is -2.19. The van der Waals surface area contributed by atoms with E-state index in [0.29, 0.717) is 5.69 Å². The number of hydrogen-bond acceptors (Lipinski definition) is 4. The summed E-state index contributed by atoms with van der Waals surface area (Å²) in [6.07, 6.45) is 1.34. The van der Waals surface area contributed by atoms with E-state index in [1.807, 2.05) is 31.2 Å². The van der Waals surface area contributed by atoms with Gasteiger partial charge in [-0.3, -0.25) is 9.59 Å². The Morgan fingerprint density at radius 3 is 2.53 bits per heavy atom. The first-order valence-corrected chi connectivity index (χ1v) is 9.70. The number of amides is 1. The molecule has 1 atom stereocenters. The van der Waals surface area contributed by atoms with Gasteiger partial charge in [-0.15, -0.1) is 0 Å². The SMILES string of the molecule is Cc1ccc(C(CC(=O)OC(C)C)NC(=O)c2ccn(-c3cccc(F)c3)n2)cc1. The summed E-state index contributed by atoms with van der Waals surface area (Å²) in [6.45, 7) is 5.51. The number of nitrogens with one attached hydrogen (secondary N) is 1. The van der Waals surface area contributed by atoms with Gasteiger partial charge >= 0.3 is 5.97 Å². The Kier molecular flexibility index (Phi) is 6.61. The standard InChI is InChI=1S/C23H24FN3O3/c1-15(2)30-22(28)14-21(17-9-7-16(3)8-10-17)25-23(29)20-11-12-27(26-20)19-6-4-5-18(24)13-19/h4-13,15,21H,14H2,1-3H3,(H,25,29). The van der Waals surface area contributed by atoms with Crippen LogP contribution in [0.25, 0.3) is 5.69 Å². The number of halogens is 1. The highest BCUT2D eigenvalue weighted by Crippen LogP contribution is 2.20. The minimum Gasteiger partial charge on any atom is -0.463 e. The van der Waals surface area contributed by atoms with Crippen LogP contribution < -0.4 is 5.32 Å². The van der Waals surface area contributed by atoms with Gasteiger partial charge in [0.2, 0.25) is 0 Å². The highest BCUT2D eigenvalue weighted by atomic mass is 19.1. The summed E-state index contributed by atoms with van der Waals surface area (Å²) in [5.74, 6) is -1.23. The van der Waals surface area contributed by atoms with Gasteiger partial charge in [-0.2, -0.15) is 5.10 Å². The summed E-state index contributed by atoms with van der Waals surface area (Å²) in [5, 5.41) is 7.09. The van der Waals surface area contributed by atoms with Gasteiger partial charge in [0.1, 0.15) is 5.82 Å². The second-order valence-electron chi connectivity index (χ2n) is 7.30. The molecule has 0 spiro atoms. The van der Waals surface area contributed by atoms with Crippen LogP contribution in [0.1, 0.15) is 47.9 Å². The molecule has 0 radical (unpaired) electrons. The first-order chi connectivity index (χ1) is 14.3. The van der Waals surface area contributed by atoms with Gasteiger partial charge in [0.25, 0.3) is 5.91 Å². The molecule has 1 heterocycles. The van der Waals surface area contributed by atoms with Crippen molar-refractivity contribution >= 4 is 11.9 Å². The van der Waals surface area contributed by atoms with Crippen molar-refractivity contribution < 1.29 is 18.7 Å². The number of benzene rings is 2. The van der Waals surface area contributed by atoms with E-state index >= 15 is 0 Å². The molecule has 3 aromatic rings. The zero-order valence-electron chi connectivity index (χ0n) is 17.1. The molecule has 7 heteroatoms. The molecule has 1 N–H and O–H groups in total. The number of esters is 1. The van der Waals surface area contributed by atoms with E-state index < -0.39 is 23.7 Å². The molecule has 156 valence electrons. The Morgan fingerprint density at radius 2 is 1.87 bits per heavy atom. The van der Waals surface area contributed by atoms with Gasteiger partial charge in [0.05, 0.1) is 24.3 Å². The Hall–Kier alpha value is -3.48. The molecule has 1 amide bonds. The smallest absolute Gasteiger partial charge is 0.308 e. The number of carbonyl (C=O) groups excluding carboxylic acids is 2. The number of carbonyl (C=O) groups is 2. The fourth-order valence-corrected chi connectivity index (χ4v) is 2.97. The van der Waals surface area contributed by atoms with Crippen LogP contribution in [0.3, 0.4) is 0 Å². The minimum atomic E-state index is -0.566. The van der Waals surface area contributed by atoms with E-state index in [2.05, 4.69) is 10.4 Å². The van der Waals surface area contributed by atoms with Gasteiger partial charge in [0, 0.05) is 6.20 Å². The number of aryl methyl sites for hydroxylation is 1. The summed E-state index contributed by atoms with van der Waals surface area (Å²) in [6, 6.07) is 14.5. The molecular formula is C23H24FN3O3. The predicted octanol–water partition coefficient (Wildman–Crippen LogP) is 4.13. The molecule has 2 aromatic carbocycles. The van der Waals surface area contributed by atoms with Gasteiger partial charge < -0.3 is 10.1 Å². The third kappa shape index (κ3) is 5.53. The normalized spacial score (nSPS) is 11.9. The van der Waals surface area contributed by atoms with E-state index in [0.717, 1.165) is 11.1 Å². The number of nitrogens with zero attached hydrogens (tertiary/aromatic N) is 2. The van der Waals surface area contributed by atoms with Crippen LogP contribution in [0, 0.1) is 12.7 Å². The van der Waals surface area contributed by atoms with Crippen molar-refractivity contribution in [3.05, 3.63) is 83.4 Å². The average Bonchev–Trinajstić information content (AvgIpc) is 3.18. The van der Waals surface area contributed by atoms with E-state index in [9.17, 15) is 14.0 Å². The quantitative estimate of drug-likeness (QED) is 0.596. The Balaban J connectivity index is 1.79. The molecule has 0 aliphatic carbocycles. The summed E-state index contributed by atoms with van der Waals surface area (Å²) in [5.41, 5.74) is 2.53. The van der Waals surface area contributed by atoms with Gasteiger partial charge in [-0.25, -0.2) is 9.07 Å². The lowest BCUT2D eigenvalue weighted by atomic mass is 10.0. The zero-order valence-corrected chi connectivity index (χ0v) is 17.1. The number of hydrogen-bond donors (Lipinski definition) is 1. The lowest BCUT2D eigenvalue weighted by Crippen LogP contribution is -2.31. The van der Waals surface area contributed by atoms with Crippen LogP contribution in [0.2, 0.25) is 0 Å². The maximum absolute atomic E-state index is 13.5. The minimum absolute atomic E-state index is 0.00239. The van der Waals surface area contributed by atoms with Crippen LogP contribution in [-0.4, -0.2) is 27.8 Å². The van der Waals surface area contributed by atoms with Gasteiger partial charge in [-0.05, 0) is 50.6 Å². The highest BCUT2D eigenvalue weighted by molar-refractivity contribution is 5.92. The van der Waals surface area contributed by atoms with Crippen molar-refractivity contribution in [3.63, 3.8) is 0 Å². The average molecular weight is 409 g/mol. The summed E-state index contributed by atoms with van der Waals surface area (Å²) in [7, 11) is 0. The lowest BCUT2D eigenvalue weighted by molar-refractivity contribution is -0.147. The Morgan fingerprint density at radius 1 is 1.13 bits per heavy atom. The van der Waals surface area contributed by atoms with Crippen molar-refractivity contribution in [1.29, 1.82) is 0 Å². The Bertz CT molecular complexity index is 1030. The summed E-state index contributed by atoms with van der Waals surface area (Å²) >= 11 is 0. The van der Waals surface area contributed by atoms with Crippen LogP contribution in [0.5, 0.6) is 0 Å². The molecule has 3 rings (SSSR count). The molecule has 0 saturated carbocycles. The Labute approximate surface area is 174 Å². The largest absolute Gasteiger partial charge is 0.463 e. The van der Waals surface area contributed by atoms with Crippen molar-refractivity contribution in [2.24, 2.45) is 0 Å². The van der Waals surface area contributed by atoms with Crippen LogP contribution in [-0.2, 0) is 9.53 Å². The molecular weight excluding hydrogens is 385 g/mol. The van der Waals surface area contributed by atoms with Crippen LogP contribution in [0.15, 0.2) is 60.8 Å². The van der Waals surface area contributed by atoms with Crippen LogP contribution >= 0.6 is 0 Å². The predicted molar refractivity (Wildman–Crippen MR) is 111 cm³/mol. The molecule has 0 bridgehead atoms. The van der Waals surface area contributed by atoms with Crippen molar-refractivity contribution in [3.8, 4) is 5.69 Å².